The molecule has 0 saturated carbocycles. The predicted octanol–water partition coefficient (Wildman–Crippen LogP) is 4.10. The maximum Gasteiger partial charge on any atom is 0.254 e. The van der Waals surface area contributed by atoms with Crippen molar-refractivity contribution in [3.05, 3.63) is 89.5 Å². The zero-order valence-corrected chi connectivity index (χ0v) is 16.5. The van der Waals surface area contributed by atoms with Crippen molar-refractivity contribution < 1.29 is 9.53 Å². The topological polar surface area (TPSA) is 73.2 Å². The van der Waals surface area contributed by atoms with Crippen molar-refractivity contribution in [2.45, 2.75) is 13.5 Å². The fourth-order valence-electron chi connectivity index (χ4n) is 3.27. The quantitative estimate of drug-likeness (QED) is 0.530. The summed E-state index contributed by atoms with van der Waals surface area (Å²) < 4.78 is 6.72. The molecular formula is C24H21N3O3. The van der Waals surface area contributed by atoms with Crippen LogP contribution in [0.2, 0.25) is 0 Å². The fourth-order valence-corrected chi connectivity index (χ4v) is 3.27. The van der Waals surface area contributed by atoms with Crippen molar-refractivity contribution in [3.63, 3.8) is 0 Å². The van der Waals surface area contributed by atoms with Gasteiger partial charge in [-0.25, -0.2) is 4.98 Å². The number of rotatable bonds is 6. The first-order valence-electron chi connectivity index (χ1n) is 9.71. The third kappa shape index (κ3) is 4.22. The Bertz CT molecular complexity index is 1240. The summed E-state index contributed by atoms with van der Waals surface area (Å²) in [7, 11) is 0. The number of nitrogens with one attached hydrogen (secondary N) is 1. The number of anilines is 1. The van der Waals surface area contributed by atoms with Crippen LogP contribution in [0, 0.1) is 0 Å². The van der Waals surface area contributed by atoms with E-state index in [0.29, 0.717) is 18.0 Å². The molecule has 0 radical (unpaired) electrons. The zero-order valence-electron chi connectivity index (χ0n) is 16.5. The van der Waals surface area contributed by atoms with Crippen molar-refractivity contribution >= 4 is 22.4 Å². The van der Waals surface area contributed by atoms with E-state index < -0.39 is 0 Å². The van der Waals surface area contributed by atoms with E-state index in [4.69, 9.17) is 4.74 Å². The molecule has 0 aliphatic rings. The number of ether oxygens (including phenoxy) is 1. The lowest BCUT2D eigenvalue weighted by Gasteiger charge is -2.10. The number of hydrogen-bond acceptors (Lipinski definition) is 4. The SMILES string of the molecule is CCOc1ccc(-c2cc(=O)n(CC(=O)Nc3cccc4ccccc34)cn2)cc1. The zero-order chi connectivity index (χ0) is 20.9. The minimum absolute atomic E-state index is 0.112. The Kier molecular flexibility index (Phi) is 5.57. The first kappa shape index (κ1) is 19.4. The van der Waals surface area contributed by atoms with Gasteiger partial charge in [-0.15, -0.1) is 0 Å². The molecule has 1 aromatic heterocycles. The number of amides is 1. The normalized spacial score (nSPS) is 10.7. The molecule has 1 amide bonds. The summed E-state index contributed by atoms with van der Waals surface area (Å²) in [6.07, 6.45) is 1.40. The van der Waals surface area contributed by atoms with E-state index in [1.165, 1.54) is 17.0 Å². The highest BCUT2D eigenvalue weighted by Crippen LogP contribution is 2.23. The predicted molar refractivity (Wildman–Crippen MR) is 118 cm³/mol. The van der Waals surface area contributed by atoms with Gasteiger partial charge in [-0.3, -0.25) is 14.2 Å². The molecule has 1 N–H and O–H groups in total. The first-order chi connectivity index (χ1) is 14.6. The third-order valence-corrected chi connectivity index (χ3v) is 4.72. The Labute approximate surface area is 173 Å². The van der Waals surface area contributed by atoms with Gasteiger partial charge >= 0.3 is 0 Å². The van der Waals surface area contributed by atoms with Gasteiger partial charge in [-0.2, -0.15) is 0 Å². The van der Waals surface area contributed by atoms with Crippen LogP contribution in [-0.2, 0) is 11.3 Å². The molecule has 0 saturated heterocycles. The van der Waals surface area contributed by atoms with Crippen LogP contribution >= 0.6 is 0 Å². The summed E-state index contributed by atoms with van der Waals surface area (Å²) in [5, 5.41) is 4.87. The van der Waals surface area contributed by atoms with Gasteiger partial charge in [-0.1, -0.05) is 36.4 Å². The molecule has 0 bridgehead atoms. The molecular weight excluding hydrogens is 378 g/mol. The van der Waals surface area contributed by atoms with Crippen LogP contribution in [0.25, 0.3) is 22.0 Å². The standard InChI is InChI=1S/C24H21N3O3/c1-2-30-19-12-10-18(11-13-19)22-14-24(29)27(16-25-22)15-23(28)26-21-9-5-7-17-6-3-4-8-20(17)21/h3-14,16H,2,15H2,1H3,(H,26,28). The number of carbonyl (C=O) groups is 1. The Balaban J connectivity index is 1.49. The lowest BCUT2D eigenvalue weighted by molar-refractivity contribution is -0.116. The molecule has 30 heavy (non-hydrogen) atoms. The first-order valence-corrected chi connectivity index (χ1v) is 9.71. The van der Waals surface area contributed by atoms with Crippen molar-refractivity contribution in [2.75, 3.05) is 11.9 Å². The molecule has 4 rings (SSSR count). The lowest BCUT2D eigenvalue weighted by Crippen LogP contribution is -2.27. The van der Waals surface area contributed by atoms with Crippen LogP contribution in [0.15, 0.2) is 83.9 Å². The molecule has 0 aliphatic heterocycles. The van der Waals surface area contributed by atoms with E-state index in [2.05, 4.69) is 10.3 Å². The van der Waals surface area contributed by atoms with Crippen molar-refractivity contribution in [1.82, 2.24) is 9.55 Å². The van der Waals surface area contributed by atoms with E-state index in [0.717, 1.165) is 22.1 Å². The van der Waals surface area contributed by atoms with Crippen LogP contribution in [0.5, 0.6) is 5.75 Å². The maximum absolute atomic E-state index is 12.5. The molecule has 0 aliphatic carbocycles. The number of benzene rings is 3. The van der Waals surface area contributed by atoms with Gasteiger partial charge in [0.2, 0.25) is 5.91 Å². The van der Waals surface area contributed by atoms with Crippen LogP contribution in [0.1, 0.15) is 6.92 Å². The van der Waals surface area contributed by atoms with Crippen LogP contribution in [-0.4, -0.2) is 22.1 Å². The molecule has 4 aromatic rings. The van der Waals surface area contributed by atoms with Crippen molar-refractivity contribution in [2.24, 2.45) is 0 Å². The largest absolute Gasteiger partial charge is 0.494 e. The van der Waals surface area contributed by atoms with Crippen molar-refractivity contribution in [1.29, 1.82) is 0 Å². The van der Waals surface area contributed by atoms with E-state index in [-0.39, 0.29) is 18.0 Å². The van der Waals surface area contributed by atoms with E-state index in [1.54, 1.807) is 0 Å². The third-order valence-electron chi connectivity index (χ3n) is 4.72. The number of aromatic nitrogens is 2. The van der Waals surface area contributed by atoms with Gasteiger partial charge in [0, 0.05) is 22.7 Å². The smallest absolute Gasteiger partial charge is 0.254 e. The van der Waals surface area contributed by atoms with E-state index in [9.17, 15) is 9.59 Å². The summed E-state index contributed by atoms with van der Waals surface area (Å²) in [6, 6.07) is 22.3. The van der Waals surface area contributed by atoms with Gasteiger partial charge in [0.05, 0.1) is 18.6 Å². The molecule has 0 fully saturated rings. The number of hydrogen-bond donors (Lipinski definition) is 1. The van der Waals surface area contributed by atoms with Crippen LogP contribution in [0.4, 0.5) is 5.69 Å². The maximum atomic E-state index is 12.5. The Hall–Kier alpha value is -3.93. The van der Waals surface area contributed by atoms with E-state index in [1.807, 2.05) is 73.7 Å². The molecule has 0 atom stereocenters. The monoisotopic (exact) mass is 399 g/mol. The molecule has 6 heteroatoms. The highest BCUT2D eigenvalue weighted by atomic mass is 16.5. The summed E-state index contributed by atoms with van der Waals surface area (Å²) in [6.45, 7) is 2.40. The van der Waals surface area contributed by atoms with Crippen molar-refractivity contribution in [3.8, 4) is 17.0 Å². The van der Waals surface area contributed by atoms with Crippen LogP contribution < -0.4 is 15.6 Å². The second-order valence-corrected chi connectivity index (χ2v) is 6.77. The molecule has 150 valence electrons. The molecule has 1 heterocycles. The molecule has 0 unspecified atom stereocenters. The van der Waals surface area contributed by atoms with Gasteiger partial charge < -0.3 is 10.1 Å². The average molecular weight is 399 g/mol. The second-order valence-electron chi connectivity index (χ2n) is 6.77. The van der Waals surface area contributed by atoms with Gasteiger partial charge in [0.25, 0.3) is 5.56 Å². The summed E-state index contributed by atoms with van der Waals surface area (Å²) in [4.78, 5) is 29.4. The molecule has 0 spiro atoms. The van der Waals surface area contributed by atoms with Crippen LogP contribution in [0.3, 0.4) is 0 Å². The Morgan fingerprint density at radius 1 is 1.03 bits per heavy atom. The summed E-state index contributed by atoms with van der Waals surface area (Å²) >= 11 is 0. The minimum Gasteiger partial charge on any atom is -0.494 e. The Morgan fingerprint density at radius 3 is 2.57 bits per heavy atom. The lowest BCUT2D eigenvalue weighted by atomic mass is 10.1. The minimum atomic E-state index is -0.290. The molecule has 6 nitrogen and oxygen atoms in total. The van der Waals surface area contributed by atoms with Gasteiger partial charge in [-0.05, 0) is 42.6 Å². The van der Waals surface area contributed by atoms with Gasteiger partial charge in [0.15, 0.2) is 0 Å². The average Bonchev–Trinajstić information content (AvgIpc) is 2.76. The van der Waals surface area contributed by atoms with E-state index >= 15 is 0 Å². The number of nitrogens with zero attached hydrogens (tertiary/aromatic N) is 2. The molecule has 3 aromatic carbocycles. The second kappa shape index (κ2) is 8.61. The highest BCUT2D eigenvalue weighted by molar-refractivity contribution is 6.02. The highest BCUT2D eigenvalue weighted by Gasteiger charge is 2.09. The number of carbonyl (C=O) groups excluding carboxylic acids is 1. The fraction of sp³-hybridized carbons (Fsp3) is 0.125. The number of fused-ring (bicyclic) bond motifs is 1. The van der Waals surface area contributed by atoms with Gasteiger partial charge in [0.1, 0.15) is 12.3 Å². The Morgan fingerprint density at radius 2 is 1.80 bits per heavy atom. The summed E-state index contributed by atoms with van der Waals surface area (Å²) in [5.74, 6) is 0.476. The summed E-state index contributed by atoms with van der Waals surface area (Å²) in [5.41, 5.74) is 1.78.